The Bertz CT molecular complexity index is 872. The normalized spacial score (nSPS) is 11.9. The molecule has 1 atom stereocenters. The van der Waals surface area contributed by atoms with Crippen LogP contribution in [0.5, 0.6) is 0 Å². The van der Waals surface area contributed by atoms with Crippen molar-refractivity contribution in [2.45, 2.75) is 297 Å². The van der Waals surface area contributed by atoms with Gasteiger partial charge in [-0.3, -0.25) is 14.4 Å². The summed E-state index contributed by atoms with van der Waals surface area (Å²) < 4.78 is 16.8. The van der Waals surface area contributed by atoms with Gasteiger partial charge in [0.1, 0.15) is 13.2 Å². The predicted octanol–water partition coefficient (Wildman–Crippen LogP) is 16.7. The van der Waals surface area contributed by atoms with Crippen molar-refractivity contribution in [2.24, 2.45) is 5.92 Å². The standard InChI is InChI=1S/C52H100O6/c1-5-7-9-11-13-15-17-19-20-21-22-23-25-27-33-37-41-45-52(55)58-49(47-57-51(54)44-40-36-32-29-28-30-34-38-42-48(3)4)46-56-50(53)43-39-35-31-26-24-18-16-14-12-10-8-6-2/h48-49H,5-47H2,1-4H3/t49-/m1/s1. The summed E-state index contributed by atoms with van der Waals surface area (Å²) in [6.45, 7) is 8.99. The summed E-state index contributed by atoms with van der Waals surface area (Å²) in [6, 6.07) is 0. The molecule has 0 unspecified atom stereocenters. The highest BCUT2D eigenvalue weighted by Crippen LogP contribution is 2.17. The molecule has 0 aliphatic carbocycles. The zero-order valence-corrected chi connectivity index (χ0v) is 39.5. The van der Waals surface area contributed by atoms with Gasteiger partial charge in [-0.15, -0.1) is 0 Å². The van der Waals surface area contributed by atoms with Crippen molar-refractivity contribution in [3.8, 4) is 0 Å². The van der Waals surface area contributed by atoms with Crippen molar-refractivity contribution in [1.82, 2.24) is 0 Å². The molecule has 0 bridgehead atoms. The number of carbonyl (C=O) groups is 3. The first-order chi connectivity index (χ1) is 28.4. The molecule has 0 aromatic rings. The van der Waals surface area contributed by atoms with Gasteiger partial charge in [0.25, 0.3) is 0 Å². The molecule has 0 spiro atoms. The maximum absolute atomic E-state index is 12.8. The van der Waals surface area contributed by atoms with Crippen LogP contribution in [0.3, 0.4) is 0 Å². The van der Waals surface area contributed by atoms with Crippen molar-refractivity contribution in [2.75, 3.05) is 13.2 Å². The molecule has 6 nitrogen and oxygen atoms in total. The summed E-state index contributed by atoms with van der Waals surface area (Å²) in [5.74, 6) is -0.0501. The number of hydrogen-bond acceptors (Lipinski definition) is 6. The number of rotatable bonds is 47. The first kappa shape index (κ1) is 56.4. The zero-order valence-electron chi connectivity index (χ0n) is 39.5. The van der Waals surface area contributed by atoms with Crippen molar-refractivity contribution >= 4 is 17.9 Å². The SMILES string of the molecule is CCCCCCCCCCCCCCCCCCCC(=O)O[C@H](COC(=O)CCCCCCCCCCCCCC)COC(=O)CCCCCCCCCCC(C)C. The van der Waals surface area contributed by atoms with Crippen LogP contribution in [-0.2, 0) is 28.6 Å². The summed E-state index contributed by atoms with van der Waals surface area (Å²) in [5.41, 5.74) is 0. The van der Waals surface area contributed by atoms with E-state index >= 15 is 0 Å². The topological polar surface area (TPSA) is 78.9 Å². The van der Waals surface area contributed by atoms with E-state index in [0.717, 1.165) is 63.7 Å². The molecule has 58 heavy (non-hydrogen) atoms. The van der Waals surface area contributed by atoms with Crippen LogP contribution in [0.1, 0.15) is 291 Å². The van der Waals surface area contributed by atoms with E-state index in [0.29, 0.717) is 19.3 Å². The van der Waals surface area contributed by atoms with Gasteiger partial charge in [-0.25, -0.2) is 0 Å². The fourth-order valence-corrected chi connectivity index (χ4v) is 7.86. The zero-order chi connectivity index (χ0) is 42.4. The number of ether oxygens (including phenoxy) is 3. The molecule has 344 valence electrons. The number of esters is 3. The van der Waals surface area contributed by atoms with E-state index in [4.69, 9.17) is 14.2 Å². The second kappa shape index (κ2) is 46.5. The van der Waals surface area contributed by atoms with Gasteiger partial charge in [-0.05, 0) is 25.2 Å². The Morgan fingerprint density at radius 1 is 0.328 bits per heavy atom. The number of carbonyl (C=O) groups excluding carboxylic acids is 3. The molecule has 0 saturated carbocycles. The first-order valence-corrected chi connectivity index (χ1v) is 25.9. The highest BCUT2D eigenvalue weighted by atomic mass is 16.6. The third-order valence-electron chi connectivity index (χ3n) is 11.8. The van der Waals surface area contributed by atoms with Crippen LogP contribution in [0.25, 0.3) is 0 Å². The highest BCUT2D eigenvalue weighted by molar-refractivity contribution is 5.71. The van der Waals surface area contributed by atoms with E-state index in [1.165, 1.54) is 186 Å². The van der Waals surface area contributed by atoms with Crippen LogP contribution in [0.2, 0.25) is 0 Å². The molecule has 0 heterocycles. The lowest BCUT2D eigenvalue weighted by Crippen LogP contribution is -2.30. The smallest absolute Gasteiger partial charge is 0.306 e. The molecule has 0 aliphatic heterocycles. The van der Waals surface area contributed by atoms with Crippen molar-refractivity contribution in [3.05, 3.63) is 0 Å². The van der Waals surface area contributed by atoms with E-state index < -0.39 is 6.10 Å². The first-order valence-electron chi connectivity index (χ1n) is 25.9. The van der Waals surface area contributed by atoms with Crippen LogP contribution in [0, 0.1) is 5.92 Å². The molecule has 0 fully saturated rings. The van der Waals surface area contributed by atoms with Gasteiger partial charge in [0.2, 0.25) is 0 Å². The quantitative estimate of drug-likeness (QED) is 0.0346. The van der Waals surface area contributed by atoms with Crippen molar-refractivity contribution < 1.29 is 28.6 Å². The number of unbranched alkanes of at least 4 members (excludes halogenated alkanes) is 34. The van der Waals surface area contributed by atoms with Crippen LogP contribution in [-0.4, -0.2) is 37.2 Å². The summed E-state index contributed by atoms with van der Waals surface area (Å²) in [6.07, 6.45) is 48.0. The summed E-state index contributed by atoms with van der Waals surface area (Å²) >= 11 is 0. The van der Waals surface area contributed by atoms with Gasteiger partial charge < -0.3 is 14.2 Å². The lowest BCUT2D eigenvalue weighted by molar-refractivity contribution is -0.167. The van der Waals surface area contributed by atoms with Gasteiger partial charge in [-0.2, -0.15) is 0 Å². The molecule has 0 aromatic heterocycles. The van der Waals surface area contributed by atoms with E-state index in [2.05, 4.69) is 27.7 Å². The van der Waals surface area contributed by atoms with E-state index in [9.17, 15) is 14.4 Å². The Balaban J connectivity index is 4.29. The second-order valence-corrected chi connectivity index (χ2v) is 18.3. The third kappa shape index (κ3) is 45.5. The third-order valence-corrected chi connectivity index (χ3v) is 11.8. The summed E-state index contributed by atoms with van der Waals surface area (Å²) in [7, 11) is 0. The Morgan fingerprint density at radius 2 is 0.569 bits per heavy atom. The average molecular weight is 821 g/mol. The molecule has 0 aliphatic rings. The Hall–Kier alpha value is -1.59. The van der Waals surface area contributed by atoms with Gasteiger partial charge in [-0.1, -0.05) is 252 Å². The molecule has 0 rings (SSSR count). The van der Waals surface area contributed by atoms with Crippen molar-refractivity contribution in [1.29, 1.82) is 0 Å². The Labute approximate surface area is 361 Å². The Morgan fingerprint density at radius 3 is 0.845 bits per heavy atom. The molecule has 0 aromatic carbocycles. The molecule has 0 radical (unpaired) electrons. The minimum Gasteiger partial charge on any atom is -0.462 e. The highest BCUT2D eigenvalue weighted by Gasteiger charge is 2.19. The maximum Gasteiger partial charge on any atom is 0.306 e. The molecule has 0 saturated heterocycles. The van der Waals surface area contributed by atoms with E-state index in [1.54, 1.807) is 0 Å². The minimum absolute atomic E-state index is 0.0632. The monoisotopic (exact) mass is 821 g/mol. The fourth-order valence-electron chi connectivity index (χ4n) is 7.86. The largest absolute Gasteiger partial charge is 0.462 e. The molecule has 0 N–H and O–H groups in total. The Kier molecular flexibility index (Phi) is 45.2. The second-order valence-electron chi connectivity index (χ2n) is 18.3. The van der Waals surface area contributed by atoms with Crippen LogP contribution >= 0.6 is 0 Å². The van der Waals surface area contributed by atoms with Crippen LogP contribution < -0.4 is 0 Å². The van der Waals surface area contributed by atoms with E-state index in [-0.39, 0.29) is 31.1 Å². The average Bonchev–Trinajstić information content (AvgIpc) is 3.21. The van der Waals surface area contributed by atoms with Crippen LogP contribution in [0.4, 0.5) is 0 Å². The number of hydrogen-bond donors (Lipinski definition) is 0. The predicted molar refractivity (Wildman–Crippen MR) is 247 cm³/mol. The molecule has 0 amide bonds. The van der Waals surface area contributed by atoms with Crippen molar-refractivity contribution in [3.63, 3.8) is 0 Å². The maximum atomic E-state index is 12.8. The summed E-state index contributed by atoms with van der Waals surface area (Å²) in [5, 5.41) is 0. The van der Waals surface area contributed by atoms with Gasteiger partial charge in [0.15, 0.2) is 6.10 Å². The summed E-state index contributed by atoms with van der Waals surface area (Å²) in [4.78, 5) is 37.9. The molecular weight excluding hydrogens is 721 g/mol. The molecular formula is C52H100O6. The molecule has 6 heteroatoms. The minimum atomic E-state index is -0.760. The fraction of sp³-hybridized carbons (Fsp3) is 0.942. The van der Waals surface area contributed by atoms with Gasteiger partial charge >= 0.3 is 17.9 Å². The lowest BCUT2D eigenvalue weighted by atomic mass is 10.0. The van der Waals surface area contributed by atoms with Crippen LogP contribution in [0.15, 0.2) is 0 Å². The van der Waals surface area contributed by atoms with E-state index in [1.807, 2.05) is 0 Å². The lowest BCUT2D eigenvalue weighted by Gasteiger charge is -2.18. The van der Waals surface area contributed by atoms with Gasteiger partial charge in [0.05, 0.1) is 0 Å². The van der Waals surface area contributed by atoms with Gasteiger partial charge in [0, 0.05) is 19.3 Å².